The van der Waals surface area contributed by atoms with Gasteiger partial charge in [-0.25, -0.2) is 4.79 Å². The Labute approximate surface area is 227 Å². The third-order valence-electron chi connectivity index (χ3n) is 8.38. The highest BCUT2D eigenvalue weighted by atomic mass is 16.5. The van der Waals surface area contributed by atoms with Crippen LogP contribution in [0.5, 0.6) is 5.75 Å². The number of piperidine rings is 1. The lowest BCUT2D eigenvalue weighted by Crippen LogP contribution is -2.39. The van der Waals surface area contributed by atoms with Crippen molar-refractivity contribution in [2.24, 2.45) is 28.5 Å². The van der Waals surface area contributed by atoms with Crippen molar-refractivity contribution in [3.63, 3.8) is 0 Å². The van der Waals surface area contributed by atoms with E-state index in [1.54, 1.807) is 4.90 Å². The molecule has 1 aliphatic carbocycles. The smallest absolute Gasteiger partial charge is 0.345 e. The number of benzene rings is 1. The van der Waals surface area contributed by atoms with E-state index in [-0.39, 0.29) is 17.9 Å². The SMILES string of the molecule is CC(C)C(N)=NC(=O)N1CCC(COc2ccc(C3=CCC(C(=O)N4CCC(N(C)C)C4)CC3)cc2)CC1. The van der Waals surface area contributed by atoms with E-state index in [0.717, 1.165) is 57.4 Å². The normalized spacial score (nSPS) is 23.2. The molecule has 0 bridgehead atoms. The molecular formula is C30H45N5O3. The van der Waals surface area contributed by atoms with Crippen LogP contribution in [0.4, 0.5) is 4.79 Å². The summed E-state index contributed by atoms with van der Waals surface area (Å²) in [5, 5.41) is 0. The van der Waals surface area contributed by atoms with Gasteiger partial charge in [-0.3, -0.25) is 4.79 Å². The van der Waals surface area contributed by atoms with E-state index in [1.807, 2.05) is 26.0 Å². The predicted octanol–water partition coefficient (Wildman–Crippen LogP) is 4.26. The molecule has 2 N–H and O–H groups in total. The number of hydrogen-bond donors (Lipinski definition) is 1. The van der Waals surface area contributed by atoms with Crippen molar-refractivity contribution >= 4 is 23.3 Å². The number of aliphatic imine (C=N–C) groups is 1. The van der Waals surface area contributed by atoms with Gasteiger partial charge in [0, 0.05) is 44.1 Å². The summed E-state index contributed by atoms with van der Waals surface area (Å²) >= 11 is 0. The lowest BCUT2D eigenvalue weighted by molar-refractivity contribution is -0.134. The fourth-order valence-corrected chi connectivity index (χ4v) is 5.52. The van der Waals surface area contributed by atoms with E-state index < -0.39 is 0 Å². The Balaban J connectivity index is 1.20. The maximum atomic E-state index is 13.0. The molecule has 38 heavy (non-hydrogen) atoms. The number of carbonyl (C=O) groups excluding carboxylic acids is 2. The first-order chi connectivity index (χ1) is 18.2. The van der Waals surface area contributed by atoms with Crippen LogP contribution in [-0.4, -0.2) is 85.4 Å². The Hall–Kier alpha value is -2.87. The van der Waals surface area contributed by atoms with E-state index in [0.29, 0.717) is 43.4 Å². The minimum absolute atomic E-state index is 0.0723. The van der Waals surface area contributed by atoms with Gasteiger partial charge in [0.2, 0.25) is 5.91 Å². The zero-order chi connectivity index (χ0) is 27.2. The van der Waals surface area contributed by atoms with Crippen molar-refractivity contribution in [1.29, 1.82) is 0 Å². The molecule has 0 saturated carbocycles. The molecule has 8 heteroatoms. The molecule has 3 aliphatic rings. The zero-order valence-electron chi connectivity index (χ0n) is 23.6. The quantitative estimate of drug-likeness (QED) is 0.426. The lowest BCUT2D eigenvalue weighted by atomic mass is 9.86. The first kappa shape index (κ1) is 28.1. The standard InChI is InChI=1S/C30H45N5O3/c1-21(2)28(31)32-30(37)34-16-13-22(14-17-34)20-38-27-11-9-24(10-12-27)23-5-7-25(8-6-23)29(36)35-18-15-26(19-35)33(3)4/h5,9-12,21-22,25-26H,6-8,13-20H2,1-4H3,(H2,31,32,37). The number of allylic oxidation sites excluding steroid dienone is 2. The van der Waals surface area contributed by atoms with Crippen LogP contribution in [0.1, 0.15) is 57.9 Å². The summed E-state index contributed by atoms with van der Waals surface area (Å²) in [5.74, 6) is 2.20. The summed E-state index contributed by atoms with van der Waals surface area (Å²) in [5.41, 5.74) is 8.38. The van der Waals surface area contributed by atoms with Crippen molar-refractivity contribution in [2.75, 3.05) is 46.9 Å². The van der Waals surface area contributed by atoms with E-state index in [4.69, 9.17) is 10.5 Å². The number of urea groups is 1. The molecule has 2 fully saturated rings. The number of amidine groups is 1. The highest BCUT2D eigenvalue weighted by Gasteiger charge is 2.32. The summed E-state index contributed by atoms with van der Waals surface area (Å²) < 4.78 is 6.09. The van der Waals surface area contributed by atoms with Crippen molar-refractivity contribution in [2.45, 2.75) is 58.4 Å². The fourth-order valence-electron chi connectivity index (χ4n) is 5.52. The average Bonchev–Trinajstić information content (AvgIpc) is 3.43. The molecule has 2 heterocycles. The fraction of sp³-hybridized carbons (Fsp3) is 0.633. The van der Waals surface area contributed by atoms with Gasteiger partial charge in [-0.15, -0.1) is 0 Å². The second-order valence-corrected chi connectivity index (χ2v) is 11.6. The molecule has 0 radical (unpaired) electrons. The Bertz CT molecular complexity index is 1020. The summed E-state index contributed by atoms with van der Waals surface area (Å²) in [6.07, 6.45) is 7.82. The number of ether oxygens (including phenoxy) is 1. The summed E-state index contributed by atoms with van der Waals surface area (Å²) in [4.78, 5) is 35.4. The second-order valence-electron chi connectivity index (χ2n) is 11.6. The summed E-state index contributed by atoms with van der Waals surface area (Å²) in [6.45, 7) is 7.63. The molecule has 208 valence electrons. The molecule has 1 aromatic rings. The third kappa shape index (κ3) is 7.16. The van der Waals surface area contributed by atoms with Crippen LogP contribution in [-0.2, 0) is 4.79 Å². The first-order valence-corrected chi connectivity index (χ1v) is 14.2. The molecular weight excluding hydrogens is 478 g/mol. The number of nitrogens with zero attached hydrogens (tertiary/aromatic N) is 4. The van der Waals surface area contributed by atoms with E-state index in [2.05, 4.69) is 47.1 Å². The van der Waals surface area contributed by atoms with Crippen LogP contribution in [0.3, 0.4) is 0 Å². The minimum Gasteiger partial charge on any atom is -0.493 e. The van der Waals surface area contributed by atoms with Crippen LogP contribution in [0, 0.1) is 17.8 Å². The van der Waals surface area contributed by atoms with Crippen molar-refractivity contribution in [1.82, 2.24) is 14.7 Å². The number of carbonyl (C=O) groups is 2. The van der Waals surface area contributed by atoms with Gasteiger partial charge < -0.3 is 25.2 Å². The van der Waals surface area contributed by atoms with Gasteiger partial charge in [0.05, 0.1) is 6.61 Å². The van der Waals surface area contributed by atoms with Gasteiger partial charge in [0.15, 0.2) is 0 Å². The van der Waals surface area contributed by atoms with Crippen LogP contribution in [0.2, 0.25) is 0 Å². The van der Waals surface area contributed by atoms with Crippen LogP contribution >= 0.6 is 0 Å². The highest BCUT2D eigenvalue weighted by Crippen LogP contribution is 2.33. The molecule has 2 unspecified atom stereocenters. The third-order valence-corrected chi connectivity index (χ3v) is 8.38. The molecule has 0 spiro atoms. The minimum atomic E-state index is -0.229. The molecule has 3 amide bonds. The van der Waals surface area contributed by atoms with Crippen LogP contribution in [0.25, 0.3) is 5.57 Å². The van der Waals surface area contributed by atoms with Crippen molar-refractivity contribution < 1.29 is 14.3 Å². The topological polar surface area (TPSA) is 91.5 Å². The predicted molar refractivity (Wildman–Crippen MR) is 152 cm³/mol. The second kappa shape index (κ2) is 12.8. The Morgan fingerprint density at radius 1 is 1.05 bits per heavy atom. The van der Waals surface area contributed by atoms with E-state index in [9.17, 15) is 9.59 Å². The highest BCUT2D eigenvalue weighted by molar-refractivity contribution is 5.93. The Morgan fingerprint density at radius 3 is 2.32 bits per heavy atom. The summed E-state index contributed by atoms with van der Waals surface area (Å²) in [7, 11) is 4.19. The number of likely N-dealkylation sites (N-methyl/N-ethyl adjacent to an activating group) is 1. The largest absolute Gasteiger partial charge is 0.493 e. The molecule has 2 saturated heterocycles. The monoisotopic (exact) mass is 523 g/mol. The summed E-state index contributed by atoms with van der Waals surface area (Å²) in [6, 6.07) is 8.60. The van der Waals surface area contributed by atoms with Crippen molar-refractivity contribution in [3.8, 4) is 5.75 Å². The molecule has 4 rings (SSSR count). The maximum Gasteiger partial charge on any atom is 0.345 e. The van der Waals surface area contributed by atoms with Crippen LogP contribution < -0.4 is 10.5 Å². The molecule has 1 aromatic carbocycles. The Morgan fingerprint density at radius 2 is 1.74 bits per heavy atom. The molecule has 8 nitrogen and oxygen atoms in total. The molecule has 2 aliphatic heterocycles. The molecule has 2 atom stereocenters. The number of likely N-dealkylation sites (tertiary alicyclic amines) is 2. The van der Waals surface area contributed by atoms with Gasteiger partial charge in [0.25, 0.3) is 0 Å². The number of amides is 3. The Kier molecular flexibility index (Phi) is 9.47. The number of hydrogen-bond acceptors (Lipinski definition) is 4. The maximum absolute atomic E-state index is 13.0. The van der Waals surface area contributed by atoms with Crippen molar-refractivity contribution in [3.05, 3.63) is 35.9 Å². The average molecular weight is 524 g/mol. The van der Waals surface area contributed by atoms with Gasteiger partial charge in [-0.05, 0) is 81.8 Å². The zero-order valence-corrected chi connectivity index (χ0v) is 23.6. The van der Waals surface area contributed by atoms with Gasteiger partial charge in [-0.2, -0.15) is 4.99 Å². The van der Waals surface area contributed by atoms with Crippen LogP contribution in [0.15, 0.2) is 35.3 Å². The van der Waals surface area contributed by atoms with E-state index >= 15 is 0 Å². The molecule has 0 aromatic heterocycles. The first-order valence-electron chi connectivity index (χ1n) is 14.2. The van der Waals surface area contributed by atoms with Gasteiger partial charge >= 0.3 is 6.03 Å². The number of nitrogens with two attached hydrogens (primary N) is 1. The van der Waals surface area contributed by atoms with Gasteiger partial charge in [-0.1, -0.05) is 32.1 Å². The van der Waals surface area contributed by atoms with Gasteiger partial charge in [0.1, 0.15) is 11.6 Å². The van der Waals surface area contributed by atoms with E-state index in [1.165, 1.54) is 11.1 Å². The lowest BCUT2D eigenvalue weighted by Gasteiger charge is -2.30. The number of rotatable bonds is 7.